The molecule has 212 valence electrons. The quantitative estimate of drug-likeness (QED) is 0.194. The predicted molar refractivity (Wildman–Crippen MR) is 176 cm³/mol. The van der Waals surface area contributed by atoms with Crippen LogP contribution in [0.1, 0.15) is 32.2 Å². The summed E-state index contributed by atoms with van der Waals surface area (Å²) in [6.07, 6.45) is 2.71. The van der Waals surface area contributed by atoms with Gasteiger partial charge in [0.2, 0.25) is 0 Å². The SMILES string of the molecule is [2H]c1ccnc(-n2c3ccc(CC(C)C)cc3c3ccc(Oc4cccc(-n5nc(C)c(-c6ccccc6)c5C)c4)cc32)c1. The first kappa shape index (κ1) is 25.5. The van der Waals surface area contributed by atoms with Crippen molar-refractivity contribution in [3.05, 3.63) is 132 Å². The van der Waals surface area contributed by atoms with Gasteiger partial charge in [0, 0.05) is 40.4 Å². The number of hydrogen-bond acceptors (Lipinski definition) is 3. The van der Waals surface area contributed by atoms with Crippen LogP contribution in [0.5, 0.6) is 11.5 Å². The first-order valence-electron chi connectivity index (χ1n) is 15.3. The zero-order valence-electron chi connectivity index (χ0n) is 25.9. The summed E-state index contributed by atoms with van der Waals surface area (Å²) in [4.78, 5) is 4.64. The molecule has 5 nitrogen and oxygen atoms in total. The maximum Gasteiger partial charge on any atom is 0.137 e. The lowest BCUT2D eigenvalue weighted by molar-refractivity contribution is 0.483. The van der Waals surface area contributed by atoms with Crippen molar-refractivity contribution < 1.29 is 6.11 Å². The molecule has 7 aromatic rings. The fourth-order valence-electron chi connectivity index (χ4n) is 6.13. The molecule has 0 unspecified atom stereocenters. The Morgan fingerprint density at radius 3 is 2.44 bits per heavy atom. The predicted octanol–water partition coefficient (Wildman–Crippen LogP) is 9.64. The number of pyridine rings is 1. The van der Waals surface area contributed by atoms with Gasteiger partial charge < -0.3 is 4.74 Å². The Bertz CT molecular complexity index is 2140. The molecule has 4 aromatic carbocycles. The molecule has 3 aromatic heterocycles. The monoisotopic (exact) mass is 563 g/mol. The van der Waals surface area contributed by atoms with Crippen LogP contribution in [-0.4, -0.2) is 19.3 Å². The van der Waals surface area contributed by atoms with Gasteiger partial charge in [-0.3, -0.25) is 4.57 Å². The summed E-state index contributed by atoms with van der Waals surface area (Å²) in [6, 6.07) is 35.2. The number of ether oxygens (including phenoxy) is 1. The van der Waals surface area contributed by atoms with Crippen LogP contribution < -0.4 is 4.74 Å². The van der Waals surface area contributed by atoms with Crippen molar-refractivity contribution in [1.29, 1.82) is 0 Å². The summed E-state index contributed by atoms with van der Waals surface area (Å²) in [6.45, 7) is 8.65. The van der Waals surface area contributed by atoms with Crippen molar-refractivity contribution in [2.75, 3.05) is 0 Å². The van der Waals surface area contributed by atoms with E-state index in [1.54, 1.807) is 18.3 Å². The smallest absolute Gasteiger partial charge is 0.137 e. The van der Waals surface area contributed by atoms with Gasteiger partial charge in [0.25, 0.3) is 0 Å². The third-order valence-corrected chi connectivity index (χ3v) is 7.92. The maximum absolute atomic E-state index is 8.24. The minimum absolute atomic E-state index is 0.422. The van der Waals surface area contributed by atoms with Gasteiger partial charge in [-0.15, -0.1) is 0 Å². The Morgan fingerprint density at radius 1 is 0.791 bits per heavy atom. The Labute approximate surface area is 253 Å². The van der Waals surface area contributed by atoms with Crippen LogP contribution in [0.2, 0.25) is 0 Å². The lowest BCUT2D eigenvalue weighted by Gasteiger charge is -2.11. The summed E-state index contributed by atoms with van der Waals surface area (Å²) >= 11 is 0. The van der Waals surface area contributed by atoms with Crippen LogP contribution >= 0.6 is 0 Å². The fourth-order valence-corrected chi connectivity index (χ4v) is 6.13. The summed E-state index contributed by atoms with van der Waals surface area (Å²) in [5.74, 6) is 2.73. The third kappa shape index (κ3) is 4.97. The largest absolute Gasteiger partial charge is 0.457 e. The van der Waals surface area contributed by atoms with E-state index in [2.05, 4.69) is 97.9 Å². The molecule has 0 aliphatic heterocycles. The molecule has 0 N–H and O–H groups in total. The first-order chi connectivity index (χ1) is 21.4. The highest BCUT2D eigenvalue weighted by Gasteiger charge is 2.17. The van der Waals surface area contributed by atoms with Crippen molar-refractivity contribution in [2.45, 2.75) is 34.1 Å². The highest BCUT2D eigenvalue weighted by molar-refractivity contribution is 6.09. The molecular weight excluding hydrogens is 528 g/mol. The summed E-state index contributed by atoms with van der Waals surface area (Å²) in [5, 5.41) is 7.18. The number of aromatic nitrogens is 4. The minimum Gasteiger partial charge on any atom is -0.457 e. The lowest BCUT2D eigenvalue weighted by atomic mass is 10.0. The molecule has 0 amide bonds. The fraction of sp³-hybridized carbons (Fsp3) is 0.158. The van der Waals surface area contributed by atoms with Crippen LogP contribution in [0.25, 0.3) is 44.4 Å². The molecule has 43 heavy (non-hydrogen) atoms. The molecule has 7 rings (SSSR count). The Hall–Kier alpha value is -5.16. The second kappa shape index (κ2) is 10.9. The van der Waals surface area contributed by atoms with Crippen molar-refractivity contribution in [1.82, 2.24) is 19.3 Å². The van der Waals surface area contributed by atoms with E-state index >= 15 is 0 Å². The standard InChI is InChI=1S/C38H34N4O/c1-25(2)21-28-16-19-35-34(22-28)33-18-17-32(24-36(33)41(35)37-15-8-9-20-39-37)43-31-14-10-13-30(23-31)42-27(4)38(26(3)40-42)29-11-6-5-7-12-29/h5-20,22-25H,21H2,1-4H3/i8D. The second-order valence-corrected chi connectivity index (χ2v) is 11.5. The highest BCUT2D eigenvalue weighted by Crippen LogP contribution is 2.36. The average Bonchev–Trinajstić information content (AvgIpc) is 3.49. The van der Waals surface area contributed by atoms with Crippen molar-refractivity contribution in [3.63, 3.8) is 0 Å². The summed E-state index contributed by atoms with van der Waals surface area (Å²) in [5.41, 5.74) is 8.67. The number of hydrogen-bond donors (Lipinski definition) is 0. The molecule has 0 saturated heterocycles. The van der Waals surface area contributed by atoms with Gasteiger partial charge in [-0.05, 0) is 85.8 Å². The minimum atomic E-state index is 0.422. The van der Waals surface area contributed by atoms with E-state index in [4.69, 9.17) is 11.2 Å². The summed E-state index contributed by atoms with van der Waals surface area (Å²) in [7, 11) is 0. The Morgan fingerprint density at radius 2 is 1.63 bits per heavy atom. The summed E-state index contributed by atoms with van der Waals surface area (Å²) < 4.78 is 18.8. The number of fused-ring (bicyclic) bond motifs is 3. The van der Waals surface area contributed by atoms with Crippen LogP contribution in [0, 0.1) is 19.8 Å². The van der Waals surface area contributed by atoms with Crippen molar-refractivity contribution >= 4 is 21.8 Å². The van der Waals surface area contributed by atoms with Gasteiger partial charge in [-0.1, -0.05) is 62.4 Å². The van der Waals surface area contributed by atoms with Gasteiger partial charge in [0.05, 0.1) is 23.8 Å². The zero-order valence-corrected chi connectivity index (χ0v) is 24.9. The average molecular weight is 564 g/mol. The molecule has 0 aliphatic rings. The molecule has 5 heteroatoms. The van der Waals surface area contributed by atoms with Crippen molar-refractivity contribution in [2.24, 2.45) is 5.92 Å². The van der Waals surface area contributed by atoms with Gasteiger partial charge in [0.1, 0.15) is 17.3 Å². The van der Waals surface area contributed by atoms with E-state index in [0.717, 1.165) is 62.5 Å². The van der Waals surface area contributed by atoms with E-state index in [0.29, 0.717) is 17.8 Å². The number of rotatable bonds is 7. The van der Waals surface area contributed by atoms with Gasteiger partial charge >= 0.3 is 0 Å². The van der Waals surface area contributed by atoms with E-state index in [1.165, 1.54) is 10.9 Å². The second-order valence-electron chi connectivity index (χ2n) is 11.5. The molecule has 0 radical (unpaired) electrons. The Balaban J connectivity index is 1.29. The highest BCUT2D eigenvalue weighted by atomic mass is 16.5. The number of aryl methyl sites for hydroxylation is 1. The van der Waals surface area contributed by atoms with Crippen LogP contribution in [0.15, 0.2) is 115 Å². The molecule has 0 saturated carbocycles. The molecule has 3 heterocycles. The van der Waals surface area contributed by atoms with Crippen molar-refractivity contribution in [3.8, 4) is 34.1 Å². The van der Waals surface area contributed by atoms with E-state index < -0.39 is 0 Å². The van der Waals surface area contributed by atoms with Crippen LogP contribution in [-0.2, 0) is 6.42 Å². The van der Waals surface area contributed by atoms with Crippen LogP contribution in [0.4, 0.5) is 0 Å². The van der Waals surface area contributed by atoms with E-state index in [1.807, 2.05) is 35.0 Å². The topological polar surface area (TPSA) is 44.9 Å². The van der Waals surface area contributed by atoms with Gasteiger partial charge in [-0.25, -0.2) is 9.67 Å². The van der Waals surface area contributed by atoms with Gasteiger partial charge in [-0.2, -0.15) is 5.10 Å². The molecule has 0 spiro atoms. The van der Waals surface area contributed by atoms with E-state index in [-0.39, 0.29) is 0 Å². The molecule has 0 bridgehead atoms. The normalized spacial score (nSPS) is 11.9. The lowest BCUT2D eigenvalue weighted by Crippen LogP contribution is -1.99. The van der Waals surface area contributed by atoms with Crippen LogP contribution in [0.3, 0.4) is 0 Å². The molecule has 0 aliphatic carbocycles. The first-order valence-corrected chi connectivity index (χ1v) is 14.8. The third-order valence-electron chi connectivity index (χ3n) is 7.92. The maximum atomic E-state index is 8.24. The number of nitrogens with zero attached hydrogens (tertiary/aromatic N) is 4. The van der Waals surface area contributed by atoms with Gasteiger partial charge in [0.15, 0.2) is 0 Å². The Kier molecular flexibility index (Phi) is 6.48. The molecule has 0 atom stereocenters. The molecule has 0 fully saturated rings. The molecular formula is C38H34N4O. The zero-order chi connectivity index (χ0) is 30.4. The number of benzene rings is 4. The van der Waals surface area contributed by atoms with E-state index in [9.17, 15) is 0 Å².